The van der Waals surface area contributed by atoms with Gasteiger partial charge in [0.2, 0.25) is 5.91 Å². The maximum atomic E-state index is 13.1. The monoisotopic (exact) mass is 1120 g/mol. The van der Waals surface area contributed by atoms with Crippen LogP contribution in [0.15, 0.2) is 36.5 Å². The van der Waals surface area contributed by atoms with Crippen LogP contribution >= 0.6 is 0 Å². The van der Waals surface area contributed by atoms with Crippen LogP contribution in [0, 0.1) is 0 Å². The fourth-order valence-electron chi connectivity index (χ4n) is 11.2. The summed E-state index contributed by atoms with van der Waals surface area (Å²) in [6, 6.07) is -0.819. The van der Waals surface area contributed by atoms with Crippen molar-refractivity contribution in [1.82, 2.24) is 5.32 Å². The molecule has 1 heterocycles. The van der Waals surface area contributed by atoms with Gasteiger partial charge in [-0.2, -0.15) is 0 Å². The number of carbonyl (C=O) groups is 1. The summed E-state index contributed by atoms with van der Waals surface area (Å²) in [5.74, 6) is -0.180. The molecule has 1 aliphatic rings. The number of amides is 1. The number of aliphatic hydroxyl groups is 5. The molecule has 6 N–H and O–H groups in total. The van der Waals surface area contributed by atoms with E-state index in [1.54, 1.807) is 6.08 Å². The fraction of sp³-hybridized carbons (Fsp3) is 0.900. The molecule has 7 atom stereocenters. The van der Waals surface area contributed by atoms with Gasteiger partial charge in [-0.05, 0) is 57.8 Å². The van der Waals surface area contributed by atoms with Gasteiger partial charge in [0, 0.05) is 6.42 Å². The lowest BCUT2D eigenvalue weighted by Gasteiger charge is -2.40. The predicted octanol–water partition coefficient (Wildman–Crippen LogP) is 18.6. The Kier molecular flexibility index (Phi) is 56.9. The van der Waals surface area contributed by atoms with Gasteiger partial charge in [-0.1, -0.05) is 320 Å². The molecule has 1 aliphatic heterocycles. The quantitative estimate of drug-likeness (QED) is 0.0261. The van der Waals surface area contributed by atoms with E-state index in [1.807, 2.05) is 6.08 Å². The summed E-state index contributed by atoms with van der Waals surface area (Å²) in [7, 11) is 0. The van der Waals surface area contributed by atoms with Crippen LogP contribution in [0.4, 0.5) is 0 Å². The van der Waals surface area contributed by atoms with Gasteiger partial charge in [-0.3, -0.25) is 4.79 Å². The molecular weight excluding hydrogens is 983 g/mol. The lowest BCUT2D eigenvalue weighted by molar-refractivity contribution is -0.302. The van der Waals surface area contributed by atoms with Gasteiger partial charge >= 0.3 is 0 Å². The molecule has 1 rings (SSSR count). The first-order valence-electron chi connectivity index (χ1n) is 34.7. The van der Waals surface area contributed by atoms with E-state index in [0.717, 1.165) is 38.5 Å². The lowest BCUT2D eigenvalue weighted by Crippen LogP contribution is -2.60. The highest BCUT2D eigenvalue weighted by Crippen LogP contribution is 2.23. The minimum absolute atomic E-state index is 0.180. The minimum atomic E-state index is -1.57. The first kappa shape index (κ1) is 75.4. The predicted molar refractivity (Wildman–Crippen MR) is 337 cm³/mol. The van der Waals surface area contributed by atoms with E-state index in [-0.39, 0.29) is 12.5 Å². The molecular formula is C70H133NO8. The Bertz CT molecular complexity index is 1340. The van der Waals surface area contributed by atoms with Crippen molar-refractivity contribution in [1.29, 1.82) is 0 Å². The molecule has 0 radical (unpaired) electrons. The van der Waals surface area contributed by atoms with Crippen LogP contribution in [-0.2, 0) is 14.3 Å². The third kappa shape index (κ3) is 48.5. The van der Waals surface area contributed by atoms with Gasteiger partial charge in [-0.25, -0.2) is 0 Å². The molecule has 7 unspecified atom stereocenters. The van der Waals surface area contributed by atoms with Gasteiger partial charge in [0.1, 0.15) is 24.4 Å². The standard InChI is InChI=1S/C70H133NO8/c1-3-5-7-9-11-13-15-17-19-20-21-22-23-24-25-26-27-28-29-30-31-32-33-34-35-36-37-38-39-40-41-42-43-44-46-48-50-52-54-56-58-60-66(74)71-63(62-78-70-69(77)68(76)67(75)65(61-72)79-70)64(73)59-57-55-53-51-49-47-45-18-16-14-12-10-8-6-4-2/h20-21,49,51,57,59,63-65,67-70,72-73,75-77H,3-19,22-48,50,52-56,58,60-62H2,1-2H3,(H,71,74)/b21-20-,51-49+,59-57+. The molecule has 0 bridgehead atoms. The molecule has 1 amide bonds. The van der Waals surface area contributed by atoms with Crippen LogP contribution in [0.3, 0.4) is 0 Å². The number of allylic oxidation sites excluding steroid dienone is 5. The van der Waals surface area contributed by atoms with Crippen molar-refractivity contribution in [2.45, 2.75) is 391 Å². The van der Waals surface area contributed by atoms with Crippen molar-refractivity contribution in [2.75, 3.05) is 13.2 Å². The number of unbranched alkanes of at least 4 members (excludes halogenated alkanes) is 47. The fourth-order valence-corrected chi connectivity index (χ4v) is 11.2. The third-order valence-electron chi connectivity index (χ3n) is 16.7. The summed E-state index contributed by atoms with van der Waals surface area (Å²) in [6.45, 7) is 3.79. The minimum Gasteiger partial charge on any atom is -0.394 e. The Labute approximate surface area is 489 Å². The Hall–Kier alpha value is -1.59. The van der Waals surface area contributed by atoms with Gasteiger partial charge in [0.05, 0.1) is 25.4 Å². The zero-order valence-electron chi connectivity index (χ0n) is 52.2. The van der Waals surface area contributed by atoms with E-state index in [0.29, 0.717) is 6.42 Å². The van der Waals surface area contributed by atoms with Crippen LogP contribution in [0.25, 0.3) is 0 Å². The maximum Gasteiger partial charge on any atom is 0.220 e. The van der Waals surface area contributed by atoms with Crippen molar-refractivity contribution < 1.29 is 39.8 Å². The first-order valence-corrected chi connectivity index (χ1v) is 34.7. The molecule has 1 fully saturated rings. The highest BCUT2D eigenvalue weighted by Gasteiger charge is 2.44. The van der Waals surface area contributed by atoms with Gasteiger partial charge in [-0.15, -0.1) is 0 Å². The second-order valence-corrected chi connectivity index (χ2v) is 24.3. The normalized spacial score (nSPS) is 18.7. The number of rotatable bonds is 61. The topological polar surface area (TPSA) is 149 Å². The van der Waals surface area contributed by atoms with Gasteiger partial charge in [0.25, 0.3) is 0 Å². The van der Waals surface area contributed by atoms with Crippen LogP contribution in [0.1, 0.15) is 348 Å². The summed E-state index contributed by atoms with van der Waals surface area (Å²) < 4.78 is 11.3. The van der Waals surface area contributed by atoms with Crippen LogP contribution < -0.4 is 5.32 Å². The number of hydrogen-bond acceptors (Lipinski definition) is 8. The largest absolute Gasteiger partial charge is 0.394 e. The van der Waals surface area contributed by atoms with E-state index in [9.17, 15) is 30.3 Å². The average molecular weight is 1120 g/mol. The van der Waals surface area contributed by atoms with Crippen molar-refractivity contribution >= 4 is 5.91 Å². The van der Waals surface area contributed by atoms with Crippen molar-refractivity contribution in [2.24, 2.45) is 0 Å². The molecule has 9 nitrogen and oxygen atoms in total. The smallest absolute Gasteiger partial charge is 0.220 e. The molecule has 0 saturated carbocycles. The second kappa shape index (κ2) is 59.6. The first-order chi connectivity index (χ1) is 38.8. The van der Waals surface area contributed by atoms with E-state index < -0.39 is 49.5 Å². The summed E-state index contributed by atoms with van der Waals surface area (Å²) in [6.07, 6.45) is 72.8. The Morgan fingerprint density at radius 3 is 1.06 bits per heavy atom. The van der Waals surface area contributed by atoms with Crippen molar-refractivity contribution in [3.63, 3.8) is 0 Å². The molecule has 79 heavy (non-hydrogen) atoms. The molecule has 0 aromatic carbocycles. The van der Waals surface area contributed by atoms with E-state index in [4.69, 9.17) is 9.47 Å². The number of hydrogen-bond donors (Lipinski definition) is 6. The van der Waals surface area contributed by atoms with Crippen LogP contribution in [0.5, 0.6) is 0 Å². The third-order valence-corrected chi connectivity index (χ3v) is 16.7. The molecule has 1 saturated heterocycles. The summed E-state index contributed by atoms with van der Waals surface area (Å²) in [5.41, 5.74) is 0. The molecule has 0 aromatic heterocycles. The van der Waals surface area contributed by atoms with E-state index >= 15 is 0 Å². The molecule has 466 valence electrons. The highest BCUT2D eigenvalue weighted by molar-refractivity contribution is 5.76. The van der Waals surface area contributed by atoms with E-state index in [1.165, 1.54) is 289 Å². The zero-order valence-corrected chi connectivity index (χ0v) is 52.2. The molecule has 0 aromatic rings. The summed E-state index contributed by atoms with van der Waals surface area (Å²) in [5, 5.41) is 54.5. The number of aliphatic hydroxyl groups excluding tert-OH is 5. The summed E-state index contributed by atoms with van der Waals surface area (Å²) >= 11 is 0. The Morgan fingerprint density at radius 1 is 0.418 bits per heavy atom. The molecule has 0 spiro atoms. The van der Waals surface area contributed by atoms with Crippen LogP contribution in [0.2, 0.25) is 0 Å². The maximum absolute atomic E-state index is 13.1. The lowest BCUT2D eigenvalue weighted by atomic mass is 9.99. The van der Waals surface area contributed by atoms with Crippen molar-refractivity contribution in [3.8, 4) is 0 Å². The van der Waals surface area contributed by atoms with Crippen molar-refractivity contribution in [3.05, 3.63) is 36.5 Å². The Balaban J connectivity index is 2.01. The number of carbonyl (C=O) groups excluding carboxylic acids is 1. The van der Waals surface area contributed by atoms with Crippen LogP contribution in [-0.4, -0.2) is 87.5 Å². The average Bonchev–Trinajstić information content (AvgIpc) is 3.46. The Morgan fingerprint density at radius 2 is 0.722 bits per heavy atom. The molecule has 9 heteroatoms. The van der Waals surface area contributed by atoms with Gasteiger partial charge in [0.15, 0.2) is 6.29 Å². The van der Waals surface area contributed by atoms with Gasteiger partial charge < -0.3 is 40.3 Å². The summed E-state index contributed by atoms with van der Waals surface area (Å²) in [4.78, 5) is 13.1. The highest BCUT2D eigenvalue weighted by atomic mass is 16.7. The second-order valence-electron chi connectivity index (χ2n) is 24.3. The number of ether oxygens (including phenoxy) is 2. The van der Waals surface area contributed by atoms with E-state index in [2.05, 4.69) is 43.5 Å². The SMILES string of the molecule is CCCCCCCCCC/C=C\CCCCCCCCCCCCCCCCCCCCCCCCCCCCCCCC(=O)NC(COC1OC(CO)C(O)C(O)C1O)C(O)/C=C/CC/C=C/CCCCCCCCCCC. The molecule has 0 aliphatic carbocycles. The number of nitrogens with one attached hydrogen (secondary N) is 1. The zero-order chi connectivity index (χ0) is 57.2.